The zero-order valence-corrected chi connectivity index (χ0v) is 15.1. The normalized spacial score (nSPS) is 14.3. The van der Waals surface area contributed by atoms with E-state index in [4.69, 9.17) is 0 Å². The number of hydrogen-bond donors (Lipinski definition) is 2. The van der Waals surface area contributed by atoms with Crippen LogP contribution >= 0.6 is 0 Å². The van der Waals surface area contributed by atoms with Crippen LogP contribution in [-0.2, 0) is 16.6 Å². The molecular weight excluding hydrogens is 357 g/mol. The number of nitrogens with zero attached hydrogens (tertiary/aromatic N) is 1. The van der Waals surface area contributed by atoms with Crippen molar-refractivity contribution in [3.05, 3.63) is 59.9 Å². The fourth-order valence-electron chi connectivity index (χ4n) is 2.47. The Hall–Kier alpha value is -2.45. The maximum atomic E-state index is 12.8. The lowest BCUT2D eigenvalue weighted by molar-refractivity contribution is 0.251. The number of anilines is 1. The summed E-state index contributed by atoms with van der Waals surface area (Å²) in [4.78, 5) is 12.1. The highest BCUT2D eigenvalue weighted by molar-refractivity contribution is 7.89. The molecule has 1 aliphatic rings. The lowest BCUT2D eigenvalue weighted by Gasteiger charge is -2.16. The SMILES string of the molecule is CN(C1CC1)S(=O)(=O)c1ccc(NC(=O)NCc2ccc(F)cc2)cc1. The van der Waals surface area contributed by atoms with Crippen LogP contribution in [0.4, 0.5) is 14.9 Å². The number of sulfonamides is 1. The summed E-state index contributed by atoms with van der Waals surface area (Å²) in [6, 6.07) is 11.5. The molecule has 0 saturated heterocycles. The van der Waals surface area contributed by atoms with Gasteiger partial charge in [0.2, 0.25) is 10.0 Å². The predicted molar refractivity (Wildman–Crippen MR) is 96.7 cm³/mol. The van der Waals surface area contributed by atoms with Gasteiger partial charge in [-0.2, -0.15) is 4.31 Å². The molecule has 1 fully saturated rings. The van der Waals surface area contributed by atoms with Crippen molar-refractivity contribution in [2.24, 2.45) is 0 Å². The zero-order chi connectivity index (χ0) is 18.7. The van der Waals surface area contributed by atoms with E-state index in [1.807, 2.05) is 0 Å². The molecule has 1 aliphatic carbocycles. The number of carbonyl (C=O) groups is 1. The zero-order valence-electron chi connectivity index (χ0n) is 14.3. The van der Waals surface area contributed by atoms with Gasteiger partial charge in [0.1, 0.15) is 5.82 Å². The van der Waals surface area contributed by atoms with Crippen LogP contribution < -0.4 is 10.6 Å². The van der Waals surface area contributed by atoms with Crippen molar-refractivity contribution < 1.29 is 17.6 Å². The molecule has 0 aromatic heterocycles. The standard InChI is InChI=1S/C18H20FN3O3S/c1-22(16-8-9-16)26(24,25)17-10-6-15(7-11-17)21-18(23)20-12-13-2-4-14(19)5-3-13/h2-7,10-11,16H,8-9,12H2,1H3,(H2,20,21,23). The molecule has 3 rings (SSSR count). The van der Waals surface area contributed by atoms with Crippen LogP contribution in [0.5, 0.6) is 0 Å². The maximum absolute atomic E-state index is 12.8. The fraction of sp³-hybridized carbons (Fsp3) is 0.278. The molecule has 2 aromatic rings. The van der Waals surface area contributed by atoms with Crippen LogP contribution in [0.25, 0.3) is 0 Å². The summed E-state index contributed by atoms with van der Waals surface area (Å²) in [5.74, 6) is -0.333. The van der Waals surface area contributed by atoms with E-state index >= 15 is 0 Å². The highest BCUT2D eigenvalue weighted by atomic mass is 32.2. The van der Waals surface area contributed by atoms with Crippen molar-refractivity contribution in [3.8, 4) is 0 Å². The van der Waals surface area contributed by atoms with Gasteiger partial charge in [0.15, 0.2) is 0 Å². The second-order valence-corrected chi connectivity index (χ2v) is 8.21. The average molecular weight is 377 g/mol. The van der Waals surface area contributed by atoms with Crippen LogP contribution in [0.1, 0.15) is 18.4 Å². The number of nitrogens with one attached hydrogen (secondary N) is 2. The first kappa shape index (κ1) is 18.3. The van der Waals surface area contributed by atoms with Crippen LogP contribution in [0.15, 0.2) is 53.4 Å². The predicted octanol–water partition coefficient (Wildman–Crippen LogP) is 2.93. The number of rotatable bonds is 6. The van der Waals surface area contributed by atoms with Gasteiger partial charge in [0.05, 0.1) is 4.90 Å². The minimum atomic E-state index is -3.50. The van der Waals surface area contributed by atoms with E-state index in [9.17, 15) is 17.6 Å². The molecule has 6 nitrogen and oxygen atoms in total. The Bertz CT molecular complexity index is 879. The Morgan fingerprint density at radius 1 is 1.12 bits per heavy atom. The van der Waals surface area contributed by atoms with Gasteiger partial charge >= 0.3 is 6.03 Å². The summed E-state index contributed by atoms with van der Waals surface area (Å²) in [6.07, 6.45) is 1.78. The van der Waals surface area contributed by atoms with Crippen molar-refractivity contribution in [1.29, 1.82) is 0 Å². The minimum Gasteiger partial charge on any atom is -0.334 e. The van der Waals surface area contributed by atoms with E-state index in [-0.39, 0.29) is 23.3 Å². The highest BCUT2D eigenvalue weighted by Crippen LogP contribution is 2.30. The molecule has 138 valence electrons. The van der Waals surface area contributed by atoms with Crippen molar-refractivity contribution in [1.82, 2.24) is 9.62 Å². The molecular formula is C18H20FN3O3S. The van der Waals surface area contributed by atoms with Crippen LogP contribution in [0.3, 0.4) is 0 Å². The van der Waals surface area contributed by atoms with E-state index in [2.05, 4.69) is 10.6 Å². The molecule has 0 radical (unpaired) electrons. The monoisotopic (exact) mass is 377 g/mol. The van der Waals surface area contributed by atoms with Gasteiger partial charge in [-0.3, -0.25) is 0 Å². The topological polar surface area (TPSA) is 78.5 Å². The first-order valence-electron chi connectivity index (χ1n) is 8.23. The molecule has 2 aromatic carbocycles. The van der Waals surface area contributed by atoms with Crippen molar-refractivity contribution >= 4 is 21.7 Å². The smallest absolute Gasteiger partial charge is 0.319 e. The van der Waals surface area contributed by atoms with Crippen LogP contribution in [-0.4, -0.2) is 31.8 Å². The van der Waals surface area contributed by atoms with Gasteiger partial charge in [-0.05, 0) is 54.8 Å². The Balaban J connectivity index is 1.56. The number of benzene rings is 2. The molecule has 0 atom stereocenters. The van der Waals surface area contributed by atoms with Gasteiger partial charge in [0, 0.05) is 25.3 Å². The summed E-state index contributed by atoms with van der Waals surface area (Å²) in [5, 5.41) is 5.29. The summed E-state index contributed by atoms with van der Waals surface area (Å²) >= 11 is 0. The van der Waals surface area contributed by atoms with E-state index in [1.165, 1.54) is 28.6 Å². The van der Waals surface area contributed by atoms with E-state index < -0.39 is 16.1 Å². The highest BCUT2D eigenvalue weighted by Gasteiger charge is 2.34. The first-order chi connectivity index (χ1) is 12.4. The van der Waals surface area contributed by atoms with Crippen LogP contribution in [0, 0.1) is 5.82 Å². The number of hydrogen-bond acceptors (Lipinski definition) is 3. The lowest BCUT2D eigenvalue weighted by Crippen LogP contribution is -2.29. The van der Waals surface area contributed by atoms with Crippen molar-refractivity contribution in [2.45, 2.75) is 30.3 Å². The average Bonchev–Trinajstić information content (AvgIpc) is 3.46. The third-order valence-corrected chi connectivity index (χ3v) is 6.14. The van der Waals surface area contributed by atoms with Gasteiger partial charge in [0.25, 0.3) is 0 Å². The summed E-state index contributed by atoms with van der Waals surface area (Å²) in [5.41, 5.74) is 1.25. The molecule has 0 heterocycles. The molecule has 2 N–H and O–H groups in total. The second-order valence-electron chi connectivity index (χ2n) is 6.21. The number of amides is 2. The molecule has 0 aliphatic heterocycles. The number of urea groups is 1. The fourth-order valence-corrected chi connectivity index (χ4v) is 3.89. The quantitative estimate of drug-likeness (QED) is 0.812. The third kappa shape index (κ3) is 4.39. The Kier molecular flexibility index (Phi) is 5.24. The van der Waals surface area contributed by atoms with Crippen molar-refractivity contribution in [2.75, 3.05) is 12.4 Å². The van der Waals surface area contributed by atoms with E-state index in [1.54, 1.807) is 31.3 Å². The number of halogens is 1. The van der Waals surface area contributed by atoms with Gasteiger partial charge in [-0.1, -0.05) is 12.1 Å². The molecule has 2 amide bonds. The second kappa shape index (κ2) is 7.43. The van der Waals surface area contributed by atoms with Crippen molar-refractivity contribution in [3.63, 3.8) is 0 Å². The Morgan fingerprint density at radius 3 is 2.31 bits per heavy atom. The Morgan fingerprint density at radius 2 is 1.73 bits per heavy atom. The molecule has 0 bridgehead atoms. The summed E-state index contributed by atoms with van der Waals surface area (Å²) < 4.78 is 39.1. The molecule has 1 saturated carbocycles. The summed E-state index contributed by atoms with van der Waals surface area (Å²) in [6.45, 7) is 0.255. The Labute approximate surface area is 152 Å². The first-order valence-corrected chi connectivity index (χ1v) is 9.67. The maximum Gasteiger partial charge on any atom is 0.319 e. The van der Waals surface area contributed by atoms with E-state index in [0.29, 0.717) is 5.69 Å². The molecule has 26 heavy (non-hydrogen) atoms. The van der Waals surface area contributed by atoms with Crippen LogP contribution in [0.2, 0.25) is 0 Å². The third-order valence-electron chi connectivity index (χ3n) is 4.22. The van der Waals surface area contributed by atoms with Gasteiger partial charge in [-0.25, -0.2) is 17.6 Å². The molecule has 0 unspecified atom stereocenters. The lowest BCUT2D eigenvalue weighted by atomic mass is 10.2. The molecule has 8 heteroatoms. The number of carbonyl (C=O) groups excluding carboxylic acids is 1. The van der Waals surface area contributed by atoms with Gasteiger partial charge < -0.3 is 10.6 Å². The summed E-state index contributed by atoms with van der Waals surface area (Å²) in [7, 11) is -1.91. The minimum absolute atomic E-state index is 0.0926. The van der Waals surface area contributed by atoms with E-state index in [0.717, 1.165) is 18.4 Å². The largest absolute Gasteiger partial charge is 0.334 e. The van der Waals surface area contributed by atoms with Gasteiger partial charge in [-0.15, -0.1) is 0 Å². The molecule has 0 spiro atoms.